The summed E-state index contributed by atoms with van der Waals surface area (Å²) in [4.78, 5) is 35.0. The molecule has 0 aromatic heterocycles. The number of carbonyl (C=O) groups is 3. The van der Waals surface area contributed by atoms with Crippen molar-refractivity contribution in [1.82, 2.24) is 0 Å². The Morgan fingerprint density at radius 2 is 1.80 bits per heavy atom. The van der Waals surface area contributed by atoms with Gasteiger partial charge in [-0.15, -0.1) is 0 Å². The number of benzene rings is 1. The molecule has 0 amide bonds. The van der Waals surface area contributed by atoms with Crippen LogP contribution >= 0.6 is 0 Å². The first-order valence-electron chi connectivity index (χ1n) is 8.09. The van der Waals surface area contributed by atoms with Crippen molar-refractivity contribution >= 4 is 17.9 Å². The first-order chi connectivity index (χ1) is 11.7. The molecule has 2 aliphatic heterocycles. The van der Waals surface area contributed by atoms with Gasteiger partial charge in [-0.05, 0) is 31.9 Å². The minimum absolute atomic E-state index is 0.281. The number of aryl methyl sites for hydroxylation is 1. The van der Waals surface area contributed by atoms with Gasteiger partial charge >= 0.3 is 17.9 Å². The molecule has 7 nitrogen and oxygen atoms in total. The van der Waals surface area contributed by atoms with Gasteiger partial charge in [-0.3, -0.25) is 14.4 Å². The Labute approximate surface area is 145 Å². The highest BCUT2D eigenvalue weighted by Gasteiger charge is 2.50. The van der Waals surface area contributed by atoms with Crippen molar-refractivity contribution in [2.24, 2.45) is 0 Å². The van der Waals surface area contributed by atoms with Crippen LogP contribution in [0.3, 0.4) is 0 Å². The summed E-state index contributed by atoms with van der Waals surface area (Å²) >= 11 is 0. The number of hydrogen-bond donors (Lipinski definition) is 0. The number of carbonyl (C=O) groups excluding carboxylic acids is 3. The molecule has 7 heteroatoms. The number of esters is 3. The molecule has 1 aromatic carbocycles. The molecule has 0 unspecified atom stereocenters. The summed E-state index contributed by atoms with van der Waals surface area (Å²) in [6.45, 7) is 6.03. The maximum atomic E-state index is 11.8. The monoisotopic (exact) mass is 348 g/mol. The summed E-state index contributed by atoms with van der Waals surface area (Å²) in [5.41, 5.74) is 0.304. The zero-order chi connectivity index (χ0) is 18.4. The van der Waals surface area contributed by atoms with Crippen LogP contribution in [0.15, 0.2) is 12.1 Å². The Hall–Kier alpha value is -2.57. The summed E-state index contributed by atoms with van der Waals surface area (Å²) in [7, 11) is 0. The van der Waals surface area contributed by atoms with Gasteiger partial charge in [0.25, 0.3) is 0 Å². The Balaban J connectivity index is 2.17. The quantitative estimate of drug-likeness (QED) is 0.598. The van der Waals surface area contributed by atoms with Crippen LogP contribution < -0.4 is 9.47 Å². The van der Waals surface area contributed by atoms with Gasteiger partial charge in [0.2, 0.25) is 0 Å². The van der Waals surface area contributed by atoms with E-state index in [1.54, 1.807) is 19.9 Å². The normalized spacial score (nSPS) is 23.4. The molecule has 25 heavy (non-hydrogen) atoms. The third kappa shape index (κ3) is 3.18. The highest BCUT2D eigenvalue weighted by atomic mass is 16.6. The summed E-state index contributed by atoms with van der Waals surface area (Å²) in [5, 5.41) is 0. The second-order valence-corrected chi connectivity index (χ2v) is 6.71. The van der Waals surface area contributed by atoms with Crippen LogP contribution in [-0.2, 0) is 30.3 Å². The van der Waals surface area contributed by atoms with E-state index in [0.717, 1.165) is 5.56 Å². The van der Waals surface area contributed by atoms with Crippen molar-refractivity contribution in [2.75, 3.05) is 0 Å². The van der Waals surface area contributed by atoms with Gasteiger partial charge in [-0.1, -0.05) is 6.07 Å². The number of hydrogen-bond acceptors (Lipinski definition) is 7. The molecule has 2 aliphatic rings. The van der Waals surface area contributed by atoms with Gasteiger partial charge in [-0.2, -0.15) is 0 Å². The zero-order valence-electron chi connectivity index (χ0n) is 14.6. The van der Waals surface area contributed by atoms with E-state index >= 15 is 0 Å². The lowest BCUT2D eigenvalue weighted by molar-refractivity contribution is -0.188. The van der Waals surface area contributed by atoms with Gasteiger partial charge in [0.05, 0.1) is 12.0 Å². The van der Waals surface area contributed by atoms with Crippen LogP contribution in [-0.4, -0.2) is 29.6 Å². The molecular weight excluding hydrogens is 328 g/mol. The fraction of sp³-hybridized carbons (Fsp3) is 0.500. The molecule has 0 saturated carbocycles. The second kappa shape index (κ2) is 6.06. The Morgan fingerprint density at radius 3 is 2.44 bits per heavy atom. The fourth-order valence-corrected chi connectivity index (χ4v) is 3.24. The molecule has 0 spiro atoms. The minimum atomic E-state index is -0.939. The van der Waals surface area contributed by atoms with Crippen LogP contribution in [0.1, 0.15) is 51.3 Å². The maximum absolute atomic E-state index is 11.8. The van der Waals surface area contributed by atoms with Gasteiger partial charge in [0, 0.05) is 13.8 Å². The highest BCUT2D eigenvalue weighted by Crippen LogP contribution is 2.49. The fourth-order valence-electron chi connectivity index (χ4n) is 3.24. The van der Waals surface area contributed by atoms with Crippen molar-refractivity contribution in [3.63, 3.8) is 0 Å². The second-order valence-electron chi connectivity index (χ2n) is 6.71. The Bertz CT molecular complexity index is 750. The molecule has 2 atom stereocenters. The van der Waals surface area contributed by atoms with Crippen LogP contribution in [0.2, 0.25) is 0 Å². The maximum Gasteiger partial charge on any atom is 0.311 e. The van der Waals surface area contributed by atoms with E-state index < -0.39 is 29.7 Å². The molecule has 0 saturated heterocycles. The average Bonchev–Trinajstić information content (AvgIpc) is 2.49. The van der Waals surface area contributed by atoms with Crippen molar-refractivity contribution in [2.45, 2.75) is 58.3 Å². The van der Waals surface area contributed by atoms with E-state index in [1.807, 2.05) is 6.07 Å². The predicted octanol–water partition coefficient (Wildman–Crippen LogP) is 2.25. The summed E-state index contributed by atoms with van der Waals surface area (Å²) < 4.78 is 22.3. The predicted molar refractivity (Wildman–Crippen MR) is 85.2 cm³/mol. The van der Waals surface area contributed by atoms with Crippen molar-refractivity contribution in [1.29, 1.82) is 0 Å². The molecule has 0 bridgehead atoms. The van der Waals surface area contributed by atoms with Gasteiger partial charge in [0.15, 0.2) is 12.2 Å². The molecule has 0 fully saturated rings. The molecule has 1 aromatic rings. The number of rotatable bonds is 2. The Kier molecular flexibility index (Phi) is 4.18. The molecule has 0 radical (unpaired) electrons. The van der Waals surface area contributed by atoms with Crippen molar-refractivity contribution in [3.05, 3.63) is 23.3 Å². The standard InChI is InChI=1S/C18H20O7/c1-9(19)22-16-14-12(25-18(3,4)17(16)23-10(2)20)7-5-11-6-8-13(21)24-15(11)14/h5,7,16-17H,6,8H2,1-4H3/t16-,17+/m0/s1. The van der Waals surface area contributed by atoms with E-state index in [-0.39, 0.29) is 12.4 Å². The molecule has 0 N–H and O–H groups in total. The summed E-state index contributed by atoms with van der Waals surface area (Å²) in [5.74, 6) is -0.660. The number of ether oxygens (including phenoxy) is 4. The molecule has 3 rings (SSSR count). The first-order valence-corrected chi connectivity index (χ1v) is 8.09. The van der Waals surface area contributed by atoms with Crippen LogP contribution in [0, 0.1) is 0 Å². The molecule has 2 heterocycles. The van der Waals surface area contributed by atoms with Crippen molar-refractivity contribution in [3.8, 4) is 11.5 Å². The van der Waals surface area contributed by atoms with E-state index in [9.17, 15) is 14.4 Å². The smallest absolute Gasteiger partial charge is 0.311 e. The van der Waals surface area contributed by atoms with Crippen molar-refractivity contribution < 1.29 is 33.3 Å². The van der Waals surface area contributed by atoms with Crippen LogP contribution in [0.25, 0.3) is 0 Å². The average molecular weight is 348 g/mol. The topological polar surface area (TPSA) is 88.1 Å². The van der Waals surface area contributed by atoms with Crippen LogP contribution in [0.4, 0.5) is 0 Å². The Morgan fingerprint density at radius 1 is 1.12 bits per heavy atom. The van der Waals surface area contributed by atoms with Gasteiger partial charge < -0.3 is 18.9 Å². The molecular formula is C18H20O7. The number of fused-ring (bicyclic) bond motifs is 3. The van der Waals surface area contributed by atoms with E-state index in [2.05, 4.69) is 0 Å². The van der Waals surface area contributed by atoms with E-state index in [4.69, 9.17) is 18.9 Å². The zero-order valence-corrected chi connectivity index (χ0v) is 14.6. The SMILES string of the molecule is CC(=O)O[C@@H]1[C@@H](OC(C)=O)c2c(ccc3c2OC(=O)CC3)OC1(C)C. The third-order valence-corrected chi connectivity index (χ3v) is 4.26. The molecule has 0 aliphatic carbocycles. The molecule has 134 valence electrons. The van der Waals surface area contributed by atoms with Crippen LogP contribution in [0.5, 0.6) is 11.5 Å². The largest absolute Gasteiger partial charge is 0.483 e. The highest BCUT2D eigenvalue weighted by molar-refractivity contribution is 5.77. The minimum Gasteiger partial charge on any atom is -0.483 e. The summed E-state index contributed by atoms with van der Waals surface area (Å²) in [6.07, 6.45) is -1.01. The van der Waals surface area contributed by atoms with E-state index in [0.29, 0.717) is 23.5 Å². The van der Waals surface area contributed by atoms with Gasteiger partial charge in [-0.25, -0.2) is 0 Å². The third-order valence-electron chi connectivity index (χ3n) is 4.26. The summed E-state index contributed by atoms with van der Waals surface area (Å²) in [6, 6.07) is 3.59. The van der Waals surface area contributed by atoms with E-state index in [1.165, 1.54) is 13.8 Å². The van der Waals surface area contributed by atoms with Gasteiger partial charge in [0.1, 0.15) is 17.1 Å². The lowest BCUT2D eigenvalue weighted by atomic mass is 9.85. The lowest BCUT2D eigenvalue weighted by Crippen LogP contribution is -2.52. The lowest BCUT2D eigenvalue weighted by Gasteiger charge is -2.43. The first kappa shape index (κ1) is 17.3.